The van der Waals surface area contributed by atoms with Crippen LogP contribution in [0.1, 0.15) is 74.2 Å². The molecule has 0 bridgehead atoms. The topological polar surface area (TPSA) is 107 Å². The van der Waals surface area contributed by atoms with E-state index in [1.54, 1.807) is 12.1 Å². The number of nitriles is 1. The molecular formula is C25H32N6O2. The lowest BCUT2D eigenvalue weighted by Crippen LogP contribution is -2.45. The molecule has 5 rings (SSSR count). The van der Waals surface area contributed by atoms with Gasteiger partial charge in [0.05, 0.1) is 17.7 Å². The molecule has 1 saturated carbocycles. The van der Waals surface area contributed by atoms with E-state index in [0.29, 0.717) is 24.3 Å². The van der Waals surface area contributed by atoms with Crippen LogP contribution in [0.15, 0.2) is 23.0 Å². The molecule has 0 amide bonds. The summed E-state index contributed by atoms with van der Waals surface area (Å²) in [5, 5.41) is 28.3. The molecule has 1 aliphatic heterocycles. The summed E-state index contributed by atoms with van der Waals surface area (Å²) >= 11 is 0. The minimum atomic E-state index is -0.520. The largest absolute Gasteiger partial charge is 0.391 e. The molecule has 33 heavy (non-hydrogen) atoms. The van der Waals surface area contributed by atoms with E-state index in [-0.39, 0.29) is 17.6 Å². The van der Waals surface area contributed by atoms with Gasteiger partial charge in [-0.05, 0) is 69.1 Å². The Labute approximate surface area is 194 Å². The molecule has 3 heterocycles. The number of hydrogen-bond donors (Lipinski definition) is 2. The summed E-state index contributed by atoms with van der Waals surface area (Å²) in [6, 6.07) is 7.62. The first-order chi connectivity index (χ1) is 16.1. The van der Waals surface area contributed by atoms with E-state index in [4.69, 9.17) is 10.1 Å². The fourth-order valence-electron chi connectivity index (χ4n) is 5.60. The number of anilines is 2. The summed E-state index contributed by atoms with van der Waals surface area (Å²) in [6.07, 6.45) is 9.27. The van der Waals surface area contributed by atoms with Crippen molar-refractivity contribution in [2.75, 3.05) is 23.3 Å². The summed E-state index contributed by atoms with van der Waals surface area (Å²) in [7, 11) is 0. The Morgan fingerprint density at radius 3 is 2.82 bits per heavy atom. The second-order valence-electron chi connectivity index (χ2n) is 9.57. The number of aliphatic hydroxyl groups excluding tert-OH is 1. The number of aromatic nitrogens is 3. The number of nitrogens with zero attached hydrogens (tertiary/aromatic N) is 5. The van der Waals surface area contributed by atoms with E-state index in [0.717, 1.165) is 75.8 Å². The van der Waals surface area contributed by atoms with Crippen molar-refractivity contribution in [3.05, 3.63) is 45.4 Å². The van der Waals surface area contributed by atoms with Crippen LogP contribution in [0.4, 0.5) is 11.6 Å². The standard InChI is InChI=1S/C25H32N6O2/c26-15-18-14-17-6-5-8-20(17)28-25(18)27-16-19-7-3-4-13-30(19)23-11-12-24(33)31(29-23)21-9-1-2-10-22(21)32/h11-12,14,19,21-22,32H,1-10,13,16H2,(H,27,28). The van der Waals surface area contributed by atoms with Gasteiger partial charge < -0.3 is 15.3 Å². The Balaban J connectivity index is 1.36. The van der Waals surface area contributed by atoms with E-state index in [1.807, 2.05) is 6.07 Å². The van der Waals surface area contributed by atoms with E-state index < -0.39 is 6.10 Å². The van der Waals surface area contributed by atoms with Crippen molar-refractivity contribution in [1.29, 1.82) is 5.26 Å². The van der Waals surface area contributed by atoms with Gasteiger partial charge in [0.15, 0.2) is 0 Å². The van der Waals surface area contributed by atoms with Crippen molar-refractivity contribution in [3.8, 4) is 6.07 Å². The number of rotatable bonds is 5. The third-order valence-corrected chi connectivity index (χ3v) is 7.42. The predicted molar refractivity (Wildman–Crippen MR) is 126 cm³/mol. The van der Waals surface area contributed by atoms with Gasteiger partial charge in [0.2, 0.25) is 0 Å². The third-order valence-electron chi connectivity index (χ3n) is 7.42. The monoisotopic (exact) mass is 448 g/mol. The number of pyridine rings is 1. The summed E-state index contributed by atoms with van der Waals surface area (Å²) in [6.45, 7) is 1.53. The van der Waals surface area contributed by atoms with Gasteiger partial charge in [-0.3, -0.25) is 4.79 Å². The molecule has 2 fully saturated rings. The molecule has 3 unspecified atom stereocenters. The lowest BCUT2D eigenvalue weighted by atomic mass is 9.93. The first-order valence-corrected chi connectivity index (χ1v) is 12.4. The fraction of sp³-hybridized carbons (Fsp3) is 0.600. The lowest BCUT2D eigenvalue weighted by molar-refractivity contribution is 0.0669. The first-order valence-electron chi connectivity index (χ1n) is 12.4. The molecule has 2 aromatic heterocycles. The van der Waals surface area contributed by atoms with E-state index in [9.17, 15) is 15.2 Å². The number of aryl methyl sites for hydroxylation is 2. The average molecular weight is 449 g/mol. The number of fused-ring (bicyclic) bond motifs is 1. The summed E-state index contributed by atoms with van der Waals surface area (Å²) in [5.41, 5.74) is 2.76. The zero-order chi connectivity index (χ0) is 22.8. The maximum atomic E-state index is 12.6. The van der Waals surface area contributed by atoms with E-state index >= 15 is 0 Å². The lowest BCUT2D eigenvalue weighted by Gasteiger charge is -2.37. The van der Waals surface area contributed by atoms with Gasteiger partial charge in [-0.25, -0.2) is 9.67 Å². The highest BCUT2D eigenvalue weighted by atomic mass is 16.3. The Morgan fingerprint density at radius 1 is 1.12 bits per heavy atom. The Bertz CT molecular complexity index is 1110. The van der Waals surface area contributed by atoms with Crippen molar-refractivity contribution >= 4 is 11.6 Å². The van der Waals surface area contributed by atoms with Crippen LogP contribution in [-0.4, -0.2) is 45.1 Å². The smallest absolute Gasteiger partial charge is 0.267 e. The summed E-state index contributed by atoms with van der Waals surface area (Å²) in [5.74, 6) is 1.45. The molecule has 0 aromatic carbocycles. The van der Waals surface area contributed by atoms with Gasteiger partial charge in [-0.15, -0.1) is 0 Å². The van der Waals surface area contributed by atoms with Gasteiger partial charge in [0.25, 0.3) is 5.56 Å². The minimum Gasteiger partial charge on any atom is -0.391 e. The molecule has 2 N–H and O–H groups in total. The molecule has 3 atom stereocenters. The summed E-state index contributed by atoms with van der Waals surface area (Å²) < 4.78 is 1.51. The molecule has 3 aliphatic rings. The van der Waals surface area contributed by atoms with Crippen molar-refractivity contribution in [1.82, 2.24) is 14.8 Å². The summed E-state index contributed by atoms with van der Waals surface area (Å²) in [4.78, 5) is 19.6. The first kappa shape index (κ1) is 21.9. The van der Waals surface area contributed by atoms with Crippen molar-refractivity contribution in [2.45, 2.75) is 82.4 Å². The zero-order valence-corrected chi connectivity index (χ0v) is 19.0. The molecule has 174 valence electrons. The highest BCUT2D eigenvalue weighted by molar-refractivity contribution is 5.55. The number of aliphatic hydroxyl groups is 1. The van der Waals surface area contributed by atoms with Gasteiger partial charge in [0, 0.05) is 30.9 Å². The molecule has 2 aliphatic carbocycles. The van der Waals surface area contributed by atoms with Crippen LogP contribution in [0.2, 0.25) is 0 Å². The Hall–Kier alpha value is -2.92. The van der Waals surface area contributed by atoms with Gasteiger partial charge >= 0.3 is 0 Å². The fourth-order valence-corrected chi connectivity index (χ4v) is 5.60. The van der Waals surface area contributed by atoms with Crippen molar-refractivity contribution < 1.29 is 5.11 Å². The third kappa shape index (κ3) is 4.47. The van der Waals surface area contributed by atoms with Crippen molar-refractivity contribution in [2.24, 2.45) is 0 Å². The van der Waals surface area contributed by atoms with Gasteiger partial charge in [0.1, 0.15) is 17.7 Å². The zero-order valence-electron chi connectivity index (χ0n) is 19.0. The van der Waals surface area contributed by atoms with Gasteiger partial charge in [-0.1, -0.05) is 12.8 Å². The maximum Gasteiger partial charge on any atom is 0.267 e. The van der Waals surface area contributed by atoms with Crippen LogP contribution in [0, 0.1) is 11.3 Å². The van der Waals surface area contributed by atoms with Crippen molar-refractivity contribution in [3.63, 3.8) is 0 Å². The molecule has 1 saturated heterocycles. The normalized spacial score (nSPS) is 24.8. The quantitative estimate of drug-likeness (QED) is 0.724. The van der Waals surface area contributed by atoms with Crippen LogP contribution in [-0.2, 0) is 12.8 Å². The van der Waals surface area contributed by atoms with Crippen LogP contribution in [0.3, 0.4) is 0 Å². The molecule has 8 nitrogen and oxygen atoms in total. The van der Waals surface area contributed by atoms with E-state index in [2.05, 4.69) is 16.3 Å². The molecule has 8 heteroatoms. The van der Waals surface area contributed by atoms with Crippen LogP contribution in [0.5, 0.6) is 0 Å². The van der Waals surface area contributed by atoms with E-state index in [1.165, 1.54) is 10.2 Å². The number of hydrogen-bond acceptors (Lipinski definition) is 7. The second kappa shape index (κ2) is 9.52. The highest BCUT2D eigenvalue weighted by Gasteiger charge is 2.29. The van der Waals surface area contributed by atoms with Crippen LogP contribution < -0.4 is 15.8 Å². The number of nitrogens with one attached hydrogen (secondary N) is 1. The minimum absolute atomic E-state index is 0.155. The van der Waals surface area contributed by atoms with Crippen LogP contribution in [0.25, 0.3) is 0 Å². The molecule has 0 spiro atoms. The maximum absolute atomic E-state index is 12.6. The highest BCUT2D eigenvalue weighted by Crippen LogP contribution is 2.29. The van der Waals surface area contributed by atoms with Gasteiger partial charge in [-0.2, -0.15) is 10.4 Å². The number of piperidine rings is 1. The Kier molecular flexibility index (Phi) is 6.32. The Morgan fingerprint density at radius 2 is 1.97 bits per heavy atom. The molecular weight excluding hydrogens is 416 g/mol. The molecule has 2 aromatic rings. The average Bonchev–Trinajstić information content (AvgIpc) is 3.30. The molecule has 0 radical (unpaired) electrons. The second-order valence-corrected chi connectivity index (χ2v) is 9.57. The van der Waals surface area contributed by atoms with Crippen LogP contribution >= 0.6 is 0 Å². The SMILES string of the molecule is N#Cc1cc2c(nc1NCC1CCCCN1c1ccc(=O)n(C3CCCCC3O)n1)CCC2. The predicted octanol–water partition coefficient (Wildman–Crippen LogP) is 2.95.